The van der Waals surface area contributed by atoms with E-state index in [-0.39, 0.29) is 10.3 Å². The van der Waals surface area contributed by atoms with Crippen LogP contribution in [0.2, 0.25) is 0 Å². The number of carbonyl (C=O) groups is 1. The molecule has 1 saturated carbocycles. The number of carboxylic acids is 1. The first-order valence-corrected chi connectivity index (χ1v) is 12.2. The maximum Gasteiger partial charge on any atom is 0.341 e. The fourth-order valence-electron chi connectivity index (χ4n) is 4.68. The molecule has 4 rings (SSSR count). The molecular weight excluding hydrogens is 470 g/mol. The number of aliphatic carboxylic acids is 1. The van der Waals surface area contributed by atoms with Gasteiger partial charge in [-0.25, -0.2) is 13.2 Å². The number of sulfonamides is 1. The molecule has 1 aliphatic carbocycles. The van der Waals surface area contributed by atoms with Gasteiger partial charge in [-0.1, -0.05) is 35.2 Å². The third-order valence-corrected chi connectivity index (χ3v) is 8.39. The molecule has 8 heteroatoms. The zero-order valence-corrected chi connectivity index (χ0v) is 19.1. The first-order valence-electron chi connectivity index (χ1n) is 10.0. The van der Waals surface area contributed by atoms with Gasteiger partial charge < -0.3 is 9.84 Å². The molecule has 0 saturated heterocycles. The standard InChI is InChI=1S/C22H24BrNO5S/c1-15-11-17(6-8-20(15)29-13-21(25)26)30(27,28)24-14-22(9-3-2-4-10-22)18-12-16(23)5-7-19(18)24/h5-8,11-12H,2-4,9-10,13-14H2,1H3,(H,25,26). The van der Waals surface area contributed by atoms with Crippen molar-refractivity contribution in [3.05, 3.63) is 52.0 Å². The van der Waals surface area contributed by atoms with Crippen LogP contribution in [0.25, 0.3) is 0 Å². The molecule has 0 bridgehead atoms. The first kappa shape index (κ1) is 21.2. The Morgan fingerprint density at radius 3 is 2.57 bits per heavy atom. The molecule has 1 N–H and O–H groups in total. The highest BCUT2D eigenvalue weighted by atomic mass is 79.9. The summed E-state index contributed by atoms with van der Waals surface area (Å²) in [6, 6.07) is 10.4. The lowest BCUT2D eigenvalue weighted by Crippen LogP contribution is -2.38. The van der Waals surface area contributed by atoms with Crippen molar-refractivity contribution in [2.24, 2.45) is 0 Å². The summed E-state index contributed by atoms with van der Waals surface area (Å²) in [6.07, 6.45) is 5.38. The van der Waals surface area contributed by atoms with Crippen molar-refractivity contribution in [3.63, 3.8) is 0 Å². The molecule has 0 aromatic heterocycles. The van der Waals surface area contributed by atoms with Crippen LogP contribution in [0.3, 0.4) is 0 Å². The Morgan fingerprint density at radius 1 is 1.17 bits per heavy atom. The zero-order chi connectivity index (χ0) is 21.5. The Balaban J connectivity index is 1.71. The summed E-state index contributed by atoms with van der Waals surface area (Å²) >= 11 is 3.55. The van der Waals surface area contributed by atoms with Gasteiger partial charge in [0, 0.05) is 16.4 Å². The van der Waals surface area contributed by atoms with E-state index in [9.17, 15) is 13.2 Å². The Labute approximate surface area is 185 Å². The highest BCUT2D eigenvalue weighted by Gasteiger charge is 2.47. The lowest BCUT2D eigenvalue weighted by molar-refractivity contribution is -0.139. The number of nitrogens with zero attached hydrogens (tertiary/aromatic N) is 1. The molecule has 0 radical (unpaired) electrons. The van der Waals surface area contributed by atoms with Crippen LogP contribution in [-0.2, 0) is 20.2 Å². The van der Waals surface area contributed by atoms with Gasteiger partial charge in [-0.15, -0.1) is 0 Å². The van der Waals surface area contributed by atoms with E-state index in [1.54, 1.807) is 17.3 Å². The number of ether oxygens (including phenoxy) is 1. The van der Waals surface area contributed by atoms with Gasteiger partial charge in [0.25, 0.3) is 10.0 Å². The summed E-state index contributed by atoms with van der Waals surface area (Å²) in [5.41, 5.74) is 2.31. The van der Waals surface area contributed by atoms with E-state index >= 15 is 0 Å². The van der Waals surface area contributed by atoms with Crippen LogP contribution < -0.4 is 9.04 Å². The Kier molecular flexibility index (Phi) is 5.57. The number of aryl methyl sites for hydroxylation is 1. The molecule has 2 aromatic carbocycles. The second-order valence-corrected chi connectivity index (χ2v) is 10.9. The van der Waals surface area contributed by atoms with Crippen molar-refractivity contribution in [2.75, 3.05) is 17.5 Å². The van der Waals surface area contributed by atoms with Gasteiger partial charge in [-0.05, 0) is 67.3 Å². The second kappa shape index (κ2) is 7.89. The van der Waals surface area contributed by atoms with Gasteiger partial charge in [0.1, 0.15) is 5.75 Å². The molecule has 160 valence electrons. The molecule has 1 fully saturated rings. The minimum atomic E-state index is -3.76. The average molecular weight is 494 g/mol. The van der Waals surface area contributed by atoms with Gasteiger partial charge in [0.15, 0.2) is 6.61 Å². The highest BCUT2D eigenvalue weighted by Crippen LogP contribution is 2.51. The smallest absolute Gasteiger partial charge is 0.341 e. The summed E-state index contributed by atoms with van der Waals surface area (Å²) in [5, 5.41) is 8.80. The Bertz CT molecular complexity index is 1090. The Hall–Kier alpha value is -2.06. The maximum atomic E-state index is 13.6. The molecule has 1 heterocycles. The van der Waals surface area contributed by atoms with Crippen molar-refractivity contribution < 1.29 is 23.1 Å². The number of fused-ring (bicyclic) bond motifs is 2. The summed E-state index contributed by atoms with van der Waals surface area (Å²) in [7, 11) is -3.76. The van der Waals surface area contributed by atoms with Crippen LogP contribution in [0.5, 0.6) is 5.75 Å². The SMILES string of the molecule is Cc1cc(S(=O)(=O)N2CC3(CCCCC3)c3cc(Br)ccc32)ccc1OCC(=O)O. The van der Waals surface area contributed by atoms with Crippen LogP contribution in [0, 0.1) is 6.92 Å². The first-order chi connectivity index (χ1) is 14.2. The number of benzene rings is 2. The molecule has 0 atom stereocenters. The van der Waals surface area contributed by atoms with Gasteiger partial charge in [-0.2, -0.15) is 0 Å². The predicted molar refractivity (Wildman–Crippen MR) is 118 cm³/mol. The molecule has 30 heavy (non-hydrogen) atoms. The normalized spacial score (nSPS) is 17.7. The minimum absolute atomic E-state index is 0.135. The quantitative estimate of drug-likeness (QED) is 0.655. The van der Waals surface area contributed by atoms with Crippen molar-refractivity contribution in [1.82, 2.24) is 0 Å². The summed E-state index contributed by atoms with van der Waals surface area (Å²) < 4.78 is 35.0. The van der Waals surface area contributed by atoms with Crippen molar-refractivity contribution in [1.29, 1.82) is 0 Å². The number of hydrogen-bond acceptors (Lipinski definition) is 4. The van der Waals surface area contributed by atoms with E-state index in [4.69, 9.17) is 9.84 Å². The van der Waals surface area contributed by atoms with Gasteiger partial charge in [0.05, 0.1) is 10.6 Å². The fourth-order valence-corrected chi connectivity index (χ4v) is 6.69. The van der Waals surface area contributed by atoms with Crippen molar-refractivity contribution >= 4 is 37.6 Å². The average Bonchev–Trinajstić information content (AvgIpc) is 3.01. The van der Waals surface area contributed by atoms with Gasteiger partial charge in [-0.3, -0.25) is 4.31 Å². The van der Waals surface area contributed by atoms with Crippen LogP contribution in [-0.4, -0.2) is 32.6 Å². The van der Waals surface area contributed by atoms with E-state index in [2.05, 4.69) is 22.0 Å². The number of rotatable bonds is 5. The summed E-state index contributed by atoms with van der Waals surface area (Å²) in [6.45, 7) is 1.70. The van der Waals surface area contributed by atoms with E-state index in [0.717, 1.165) is 41.4 Å². The molecule has 1 aliphatic heterocycles. The second-order valence-electron chi connectivity index (χ2n) is 8.12. The molecule has 2 aromatic rings. The van der Waals surface area contributed by atoms with E-state index < -0.39 is 22.6 Å². The van der Waals surface area contributed by atoms with Crippen LogP contribution in [0.1, 0.15) is 43.2 Å². The fraction of sp³-hybridized carbons (Fsp3) is 0.409. The molecule has 0 amide bonds. The monoisotopic (exact) mass is 493 g/mol. The number of halogens is 1. The maximum absolute atomic E-state index is 13.6. The van der Waals surface area contributed by atoms with Crippen LogP contribution >= 0.6 is 15.9 Å². The lowest BCUT2D eigenvalue weighted by atomic mass is 9.71. The largest absolute Gasteiger partial charge is 0.482 e. The molecular formula is C22H24BrNO5S. The highest BCUT2D eigenvalue weighted by molar-refractivity contribution is 9.10. The van der Waals surface area contributed by atoms with Crippen molar-refractivity contribution in [2.45, 2.75) is 49.3 Å². The van der Waals surface area contributed by atoms with E-state index in [1.165, 1.54) is 18.6 Å². The number of carboxylic acid groups (broad SMARTS) is 1. The van der Waals surface area contributed by atoms with Crippen LogP contribution in [0.15, 0.2) is 45.8 Å². The van der Waals surface area contributed by atoms with E-state index in [1.807, 2.05) is 12.1 Å². The van der Waals surface area contributed by atoms with E-state index in [0.29, 0.717) is 17.9 Å². The molecule has 6 nitrogen and oxygen atoms in total. The lowest BCUT2D eigenvalue weighted by Gasteiger charge is -2.34. The minimum Gasteiger partial charge on any atom is -0.482 e. The van der Waals surface area contributed by atoms with Gasteiger partial charge >= 0.3 is 5.97 Å². The summed E-state index contributed by atoms with van der Waals surface area (Å²) in [5.74, 6) is -0.713. The summed E-state index contributed by atoms with van der Waals surface area (Å²) in [4.78, 5) is 10.9. The topological polar surface area (TPSA) is 83.9 Å². The Morgan fingerprint density at radius 2 is 1.90 bits per heavy atom. The van der Waals surface area contributed by atoms with Crippen LogP contribution in [0.4, 0.5) is 5.69 Å². The zero-order valence-electron chi connectivity index (χ0n) is 16.7. The number of hydrogen-bond donors (Lipinski definition) is 1. The molecule has 2 aliphatic rings. The van der Waals surface area contributed by atoms with Gasteiger partial charge in [0.2, 0.25) is 0 Å². The molecule has 0 unspecified atom stereocenters. The van der Waals surface area contributed by atoms with Crippen molar-refractivity contribution in [3.8, 4) is 5.75 Å². The predicted octanol–water partition coefficient (Wildman–Crippen LogP) is 4.63. The molecule has 1 spiro atoms. The number of anilines is 1. The third-order valence-electron chi connectivity index (χ3n) is 6.14. The third kappa shape index (κ3) is 3.71.